The molecule has 0 aliphatic heterocycles. The average molecular weight is 226 g/mol. The van der Waals surface area contributed by atoms with Gasteiger partial charge in [-0.05, 0) is 38.1 Å². The van der Waals surface area contributed by atoms with Gasteiger partial charge in [-0.15, -0.1) is 12.4 Å². The van der Waals surface area contributed by atoms with Crippen LogP contribution in [0.4, 0.5) is 0 Å². The molecule has 2 nitrogen and oxygen atoms in total. The van der Waals surface area contributed by atoms with Gasteiger partial charge in [-0.1, -0.05) is 12.1 Å². The molecule has 1 aromatic carbocycles. The number of likely N-dealkylation sites (N-methyl/N-ethyl adjacent to an activating group) is 1. The third kappa shape index (κ3) is 2.74. The minimum Gasteiger partial charge on any atom is -0.464 e. The van der Waals surface area contributed by atoms with Crippen molar-refractivity contribution >= 4 is 23.4 Å². The fraction of sp³-hybridized carbons (Fsp3) is 0.333. The lowest BCUT2D eigenvalue weighted by Gasteiger charge is -2.09. The molecule has 2 rings (SSSR count). The Morgan fingerprint density at radius 1 is 1.33 bits per heavy atom. The molecule has 1 heterocycles. The van der Waals surface area contributed by atoms with Gasteiger partial charge < -0.3 is 9.73 Å². The number of hydrogen-bond acceptors (Lipinski definition) is 2. The lowest BCUT2D eigenvalue weighted by molar-refractivity contribution is 0.602. The minimum atomic E-state index is 0. The second-order valence-corrected chi connectivity index (χ2v) is 3.69. The van der Waals surface area contributed by atoms with Crippen LogP contribution in [0.2, 0.25) is 0 Å². The Labute approximate surface area is 96.1 Å². The van der Waals surface area contributed by atoms with Crippen LogP contribution in [0.3, 0.4) is 0 Å². The fourth-order valence-electron chi connectivity index (χ4n) is 1.58. The zero-order valence-electron chi connectivity index (χ0n) is 8.99. The maximum atomic E-state index is 5.35. The van der Waals surface area contributed by atoms with Crippen LogP contribution < -0.4 is 5.32 Å². The van der Waals surface area contributed by atoms with Crippen LogP contribution in [-0.4, -0.2) is 13.1 Å². The van der Waals surface area contributed by atoms with Gasteiger partial charge in [-0.25, -0.2) is 0 Å². The summed E-state index contributed by atoms with van der Waals surface area (Å²) in [5.41, 5.74) is 2.29. The van der Waals surface area contributed by atoms with Crippen LogP contribution in [0.25, 0.3) is 11.0 Å². The summed E-state index contributed by atoms with van der Waals surface area (Å²) in [6.45, 7) is 2.17. The van der Waals surface area contributed by atoms with Gasteiger partial charge >= 0.3 is 0 Å². The molecule has 3 heteroatoms. The minimum absolute atomic E-state index is 0. The zero-order chi connectivity index (χ0) is 9.97. The second kappa shape index (κ2) is 5.19. The molecule has 0 aliphatic carbocycles. The van der Waals surface area contributed by atoms with Crippen molar-refractivity contribution in [3.8, 4) is 0 Å². The van der Waals surface area contributed by atoms with Gasteiger partial charge in [0, 0.05) is 11.4 Å². The van der Waals surface area contributed by atoms with E-state index in [0.29, 0.717) is 6.04 Å². The van der Waals surface area contributed by atoms with Crippen LogP contribution in [0.5, 0.6) is 0 Å². The lowest BCUT2D eigenvalue weighted by atomic mass is 10.1. The zero-order valence-corrected chi connectivity index (χ0v) is 9.80. The van der Waals surface area contributed by atoms with Crippen molar-refractivity contribution in [1.82, 2.24) is 5.32 Å². The monoisotopic (exact) mass is 225 g/mol. The molecule has 2 aromatic rings. The van der Waals surface area contributed by atoms with E-state index < -0.39 is 0 Å². The summed E-state index contributed by atoms with van der Waals surface area (Å²) in [5.74, 6) is 0. The van der Waals surface area contributed by atoms with Crippen LogP contribution in [0, 0.1) is 0 Å². The normalized spacial score (nSPS) is 12.4. The molecule has 0 saturated heterocycles. The quantitative estimate of drug-likeness (QED) is 0.869. The largest absolute Gasteiger partial charge is 0.464 e. The smallest absolute Gasteiger partial charge is 0.134 e. The van der Waals surface area contributed by atoms with Crippen molar-refractivity contribution in [2.24, 2.45) is 0 Å². The van der Waals surface area contributed by atoms with E-state index in [1.807, 2.05) is 13.1 Å². The molecule has 0 bridgehead atoms. The number of fused-ring (bicyclic) bond motifs is 1. The molecule has 15 heavy (non-hydrogen) atoms. The molecule has 1 aromatic heterocycles. The van der Waals surface area contributed by atoms with E-state index in [1.54, 1.807) is 6.26 Å². The Bertz CT molecular complexity index is 424. The molecule has 0 spiro atoms. The Kier molecular flexibility index (Phi) is 4.18. The Morgan fingerprint density at radius 2 is 2.13 bits per heavy atom. The molecule has 0 radical (unpaired) electrons. The number of hydrogen-bond donors (Lipinski definition) is 1. The molecule has 0 unspecified atom stereocenters. The average Bonchev–Trinajstić information content (AvgIpc) is 2.64. The predicted molar refractivity (Wildman–Crippen MR) is 65.7 cm³/mol. The highest BCUT2D eigenvalue weighted by Crippen LogP contribution is 2.17. The highest BCUT2D eigenvalue weighted by atomic mass is 35.5. The van der Waals surface area contributed by atoms with Gasteiger partial charge in [0.25, 0.3) is 0 Å². The molecule has 1 atom stereocenters. The van der Waals surface area contributed by atoms with E-state index in [4.69, 9.17) is 4.42 Å². The van der Waals surface area contributed by atoms with Crippen LogP contribution in [-0.2, 0) is 6.42 Å². The summed E-state index contributed by atoms with van der Waals surface area (Å²) in [6, 6.07) is 8.87. The van der Waals surface area contributed by atoms with Gasteiger partial charge in [0.15, 0.2) is 0 Å². The molecule has 0 amide bonds. The molecule has 82 valence electrons. The highest BCUT2D eigenvalue weighted by molar-refractivity contribution is 5.85. The second-order valence-electron chi connectivity index (χ2n) is 3.69. The highest BCUT2D eigenvalue weighted by Gasteiger charge is 2.02. The first-order chi connectivity index (χ1) is 6.79. The SMILES string of the molecule is CN[C@@H](C)Cc1ccc2ccoc2c1.Cl. The molecule has 0 aliphatic rings. The standard InChI is InChI=1S/C12H15NO.ClH/c1-9(13-2)7-10-3-4-11-5-6-14-12(11)8-10;/h3-6,8-9,13H,7H2,1-2H3;1H/t9-;/m0./s1. The maximum Gasteiger partial charge on any atom is 0.134 e. The first-order valence-electron chi connectivity index (χ1n) is 4.93. The van der Waals surface area contributed by atoms with E-state index in [9.17, 15) is 0 Å². The first kappa shape index (κ1) is 12.1. The van der Waals surface area contributed by atoms with Crippen LogP contribution in [0.15, 0.2) is 34.9 Å². The summed E-state index contributed by atoms with van der Waals surface area (Å²) >= 11 is 0. The number of benzene rings is 1. The van der Waals surface area contributed by atoms with Crippen molar-refractivity contribution in [3.63, 3.8) is 0 Å². The summed E-state index contributed by atoms with van der Waals surface area (Å²) in [5, 5.41) is 4.40. The van der Waals surface area contributed by atoms with Crippen molar-refractivity contribution in [2.75, 3.05) is 7.05 Å². The van der Waals surface area contributed by atoms with Gasteiger partial charge in [0.1, 0.15) is 5.58 Å². The number of nitrogens with one attached hydrogen (secondary N) is 1. The van der Waals surface area contributed by atoms with Gasteiger partial charge in [-0.3, -0.25) is 0 Å². The third-order valence-electron chi connectivity index (χ3n) is 2.56. The van der Waals surface area contributed by atoms with Crippen LogP contribution >= 0.6 is 12.4 Å². The molecule has 0 saturated carbocycles. The first-order valence-corrected chi connectivity index (χ1v) is 4.93. The van der Waals surface area contributed by atoms with Gasteiger partial charge in [0.2, 0.25) is 0 Å². The Morgan fingerprint density at radius 3 is 2.87 bits per heavy atom. The number of furan rings is 1. The van der Waals surface area contributed by atoms with E-state index in [0.717, 1.165) is 12.0 Å². The van der Waals surface area contributed by atoms with Crippen molar-refractivity contribution < 1.29 is 4.42 Å². The third-order valence-corrected chi connectivity index (χ3v) is 2.56. The number of halogens is 1. The van der Waals surface area contributed by atoms with Gasteiger partial charge in [0.05, 0.1) is 6.26 Å². The molecular weight excluding hydrogens is 210 g/mol. The lowest BCUT2D eigenvalue weighted by Crippen LogP contribution is -2.23. The van der Waals surface area contributed by atoms with E-state index in [2.05, 4.69) is 30.4 Å². The van der Waals surface area contributed by atoms with E-state index in [-0.39, 0.29) is 12.4 Å². The molecule has 0 fully saturated rings. The van der Waals surface area contributed by atoms with Crippen molar-refractivity contribution in [2.45, 2.75) is 19.4 Å². The van der Waals surface area contributed by atoms with E-state index >= 15 is 0 Å². The van der Waals surface area contributed by atoms with Crippen molar-refractivity contribution in [3.05, 3.63) is 36.1 Å². The summed E-state index contributed by atoms with van der Waals surface area (Å²) in [7, 11) is 1.98. The summed E-state index contributed by atoms with van der Waals surface area (Å²) < 4.78 is 5.35. The summed E-state index contributed by atoms with van der Waals surface area (Å²) in [4.78, 5) is 0. The van der Waals surface area contributed by atoms with Crippen LogP contribution in [0.1, 0.15) is 12.5 Å². The molecule has 1 N–H and O–H groups in total. The molecular formula is C12H16ClNO. The van der Waals surface area contributed by atoms with Crippen molar-refractivity contribution in [1.29, 1.82) is 0 Å². The van der Waals surface area contributed by atoms with Gasteiger partial charge in [-0.2, -0.15) is 0 Å². The topological polar surface area (TPSA) is 25.2 Å². The summed E-state index contributed by atoms with van der Waals surface area (Å²) in [6.07, 6.45) is 2.77. The fourth-order valence-corrected chi connectivity index (χ4v) is 1.58. The number of rotatable bonds is 3. The Balaban J connectivity index is 0.00000112. The predicted octanol–water partition coefficient (Wildman–Crippen LogP) is 3.01. The van der Waals surface area contributed by atoms with E-state index in [1.165, 1.54) is 10.9 Å². The maximum absolute atomic E-state index is 5.35. The Hall–Kier alpha value is -0.990.